The Morgan fingerprint density at radius 1 is 0.968 bits per heavy atom. The number of hydrogen-bond acceptors (Lipinski definition) is 7. The van der Waals surface area contributed by atoms with Crippen LogP contribution >= 0.6 is 0 Å². The van der Waals surface area contributed by atoms with Crippen molar-refractivity contribution in [2.75, 3.05) is 33.9 Å². The van der Waals surface area contributed by atoms with E-state index < -0.39 is 11.5 Å². The number of hydrogen-bond donors (Lipinski definition) is 1. The van der Waals surface area contributed by atoms with Crippen LogP contribution in [0.3, 0.4) is 0 Å². The van der Waals surface area contributed by atoms with Gasteiger partial charge in [-0.15, -0.1) is 0 Å². The third-order valence-electron chi connectivity index (χ3n) is 5.21. The average Bonchev–Trinajstić information content (AvgIpc) is 3.64. The molecule has 1 aromatic heterocycles. The first kappa shape index (κ1) is 20.5. The van der Waals surface area contributed by atoms with Gasteiger partial charge in [0.05, 0.1) is 44.9 Å². The van der Waals surface area contributed by atoms with Crippen LogP contribution in [0.25, 0.3) is 10.9 Å². The number of carbonyl (C=O) groups is 1. The summed E-state index contributed by atoms with van der Waals surface area (Å²) in [6.07, 6.45) is 1.79. The van der Waals surface area contributed by atoms with Gasteiger partial charge in [0, 0.05) is 18.1 Å². The Labute approximate surface area is 178 Å². The Morgan fingerprint density at radius 3 is 2.26 bits per heavy atom. The van der Waals surface area contributed by atoms with E-state index in [0.29, 0.717) is 39.7 Å². The Morgan fingerprint density at radius 2 is 1.65 bits per heavy atom. The molecule has 9 heteroatoms. The average molecular weight is 425 g/mol. The lowest BCUT2D eigenvalue weighted by Gasteiger charge is -2.16. The molecule has 1 fully saturated rings. The highest BCUT2D eigenvalue weighted by molar-refractivity contribution is 6.02. The van der Waals surface area contributed by atoms with Gasteiger partial charge < -0.3 is 18.9 Å². The van der Waals surface area contributed by atoms with E-state index in [0.717, 1.165) is 12.8 Å². The van der Waals surface area contributed by atoms with Crippen molar-refractivity contribution in [2.45, 2.75) is 18.8 Å². The number of nitrogens with one attached hydrogen (secondary N) is 1. The van der Waals surface area contributed by atoms with E-state index in [2.05, 4.69) is 10.4 Å². The van der Waals surface area contributed by atoms with Gasteiger partial charge in [0.15, 0.2) is 11.5 Å². The van der Waals surface area contributed by atoms with Crippen LogP contribution in [0.5, 0.6) is 23.0 Å². The molecular formula is C22H23N3O6. The summed E-state index contributed by atoms with van der Waals surface area (Å²) in [5.41, 5.74) is 3.05. The first-order valence-electron chi connectivity index (χ1n) is 9.72. The van der Waals surface area contributed by atoms with Crippen LogP contribution in [-0.4, -0.2) is 44.0 Å². The van der Waals surface area contributed by atoms with Gasteiger partial charge in [0.2, 0.25) is 0 Å². The van der Waals surface area contributed by atoms with E-state index in [1.807, 2.05) is 0 Å². The minimum Gasteiger partial charge on any atom is -0.497 e. The van der Waals surface area contributed by atoms with Crippen molar-refractivity contribution < 1.29 is 23.7 Å². The molecule has 162 valence electrons. The molecular weight excluding hydrogens is 402 g/mol. The molecule has 1 aliphatic rings. The molecule has 0 unspecified atom stereocenters. The molecule has 31 heavy (non-hydrogen) atoms. The summed E-state index contributed by atoms with van der Waals surface area (Å²) >= 11 is 0. The Balaban J connectivity index is 1.81. The Kier molecular flexibility index (Phi) is 5.41. The van der Waals surface area contributed by atoms with Gasteiger partial charge in [-0.2, -0.15) is 0 Å². The lowest BCUT2D eigenvalue weighted by atomic mass is 10.2. The van der Waals surface area contributed by atoms with Crippen molar-refractivity contribution in [1.82, 2.24) is 9.66 Å². The van der Waals surface area contributed by atoms with E-state index >= 15 is 0 Å². The van der Waals surface area contributed by atoms with Crippen LogP contribution in [0.15, 0.2) is 35.1 Å². The molecule has 1 heterocycles. The quantitative estimate of drug-likeness (QED) is 0.621. The number of methoxy groups -OCH3 is 4. The summed E-state index contributed by atoms with van der Waals surface area (Å²) in [6, 6.07) is 8.07. The highest BCUT2D eigenvalue weighted by atomic mass is 16.5. The first-order valence-corrected chi connectivity index (χ1v) is 9.72. The number of benzene rings is 2. The van der Waals surface area contributed by atoms with Gasteiger partial charge in [-0.1, -0.05) is 0 Å². The van der Waals surface area contributed by atoms with Crippen molar-refractivity contribution in [3.05, 3.63) is 52.1 Å². The minimum absolute atomic E-state index is 0.100. The van der Waals surface area contributed by atoms with Crippen molar-refractivity contribution in [3.8, 4) is 23.0 Å². The number of rotatable bonds is 7. The highest BCUT2D eigenvalue weighted by Crippen LogP contribution is 2.39. The van der Waals surface area contributed by atoms with Crippen molar-refractivity contribution >= 4 is 16.8 Å². The normalized spacial score (nSPS) is 13.0. The summed E-state index contributed by atoms with van der Waals surface area (Å²) in [5.74, 6) is 1.88. The molecule has 0 atom stereocenters. The molecule has 1 aliphatic carbocycles. The summed E-state index contributed by atoms with van der Waals surface area (Å²) in [7, 11) is 6.01. The third kappa shape index (κ3) is 3.74. The zero-order chi connectivity index (χ0) is 22.1. The number of aromatic nitrogens is 2. The van der Waals surface area contributed by atoms with E-state index in [1.54, 1.807) is 30.3 Å². The molecule has 0 spiro atoms. The monoisotopic (exact) mass is 425 g/mol. The molecule has 4 rings (SSSR count). The van der Waals surface area contributed by atoms with Crippen LogP contribution in [0.1, 0.15) is 34.9 Å². The highest BCUT2D eigenvalue weighted by Gasteiger charge is 2.31. The van der Waals surface area contributed by atoms with Gasteiger partial charge in [-0.05, 0) is 31.0 Å². The predicted octanol–water partition coefficient (Wildman–Crippen LogP) is 2.69. The minimum atomic E-state index is -0.495. The van der Waals surface area contributed by atoms with Gasteiger partial charge in [-0.3, -0.25) is 15.0 Å². The lowest BCUT2D eigenvalue weighted by molar-refractivity contribution is 0.100. The van der Waals surface area contributed by atoms with Gasteiger partial charge in [0.25, 0.3) is 11.5 Å². The number of amides is 1. The van der Waals surface area contributed by atoms with Crippen LogP contribution < -0.4 is 29.9 Å². The molecule has 1 saturated carbocycles. The van der Waals surface area contributed by atoms with E-state index in [4.69, 9.17) is 18.9 Å². The van der Waals surface area contributed by atoms with Crippen LogP contribution in [0, 0.1) is 0 Å². The first-order chi connectivity index (χ1) is 15.0. The SMILES string of the molecule is COc1ccc(C(=O)Nn2c(C3CC3)nc3cc(OC)c(OC)cc3c2=O)c(OC)c1. The number of ether oxygens (including phenoxy) is 4. The second-order valence-electron chi connectivity index (χ2n) is 7.12. The summed E-state index contributed by atoms with van der Waals surface area (Å²) < 4.78 is 22.4. The largest absolute Gasteiger partial charge is 0.497 e. The zero-order valence-corrected chi connectivity index (χ0v) is 17.7. The summed E-state index contributed by atoms with van der Waals surface area (Å²) in [6.45, 7) is 0. The van der Waals surface area contributed by atoms with E-state index in [9.17, 15) is 9.59 Å². The fourth-order valence-corrected chi connectivity index (χ4v) is 3.40. The van der Waals surface area contributed by atoms with E-state index in [-0.39, 0.29) is 11.5 Å². The molecule has 3 aromatic rings. The zero-order valence-electron chi connectivity index (χ0n) is 17.7. The second kappa shape index (κ2) is 8.17. The van der Waals surface area contributed by atoms with Crippen LogP contribution in [0.2, 0.25) is 0 Å². The maximum atomic E-state index is 13.3. The summed E-state index contributed by atoms with van der Waals surface area (Å²) in [4.78, 5) is 31.0. The number of carbonyl (C=O) groups excluding carboxylic acids is 1. The van der Waals surface area contributed by atoms with Gasteiger partial charge >= 0.3 is 0 Å². The third-order valence-corrected chi connectivity index (χ3v) is 5.21. The maximum absolute atomic E-state index is 13.3. The fourth-order valence-electron chi connectivity index (χ4n) is 3.40. The smallest absolute Gasteiger partial charge is 0.280 e. The van der Waals surface area contributed by atoms with Crippen LogP contribution in [0.4, 0.5) is 0 Å². The molecule has 9 nitrogen and oxygen atoms in total. The molecule has 0 bridgehead atoms. The molecule has 0 saturated heterocycles. The second-order valence-corrected chi connectivity index (χ2v) is 7.12. The van der Waals surface area contributed by atoms with Crippen molar-refractivity contribution in [1.29, 1.82) is 0 Å². The molecule has 1 N–H and O–H groups in total. The fraction of sp³-hybridized carbons (Fsp3) is 0.318. The topological polar surface area (TPSA) is 101 Å². The van der Waals surface area contributed by atoms with E-state index in [1.165, 1.54) is 33.1 Å². The Bertz CT molecular complexity index is 1220. The molecule has 1 amide bonds. The maximum Gasteiger partial charge on any atom is 0.280 e. The van der Waals surface area contributed by atoms with Gasteiger partial charge in [-0.25, -0.2) is 9.66 Å². The summed E-state index contributed by atoms with van der Waals surface area (Å²) in [5, 5.41) is 0.309. The van der Waals surface area contributed by atoms with Crippen molar-refractivity contribution in [2.24, 2.45) is 0 Å². The van der Waals surface area contributed by atoms with Crippen LogP contribution in [-0.2, 0) is 0 Å². The van der Waals surface area contributed by atoms with Gasteiger partial charge in [0.1, 0.15) is 17.3 Å². The number of fused-ring (bicyclic) bond motifs is 1. The number of nitrogens with zero attached hydrogens (tertiary/aromatic N) is 2. The molecule has 2 aromatic carbocycles. The standard InChI is InChI=1S/C22H23N3O6/c1-28-13-7-8-14(17(9-13)29-2)21(26)24-25-20(12-5-6-12)23-16-11-19(31-4)18(30-3)10-15(16)22(25)27/h7-12H,5-6H2,1-4H3,(H,24,26). The lowest BCUT2D eigenvalue weighted by Crippen LogP contribution is -2.36. The molecule has 0 aliphatic heterocycles. The molecule has 0 radical (unpaired) electrons. The predicted molar refractivity (Wildman–Crippen MR) is 114 cm³/mol. The van der Waals surface area contributed by atoms with Crippen molar-refractivity contribution in [3.63, 3.8) is 0 Å². The Hall–Kier alpha value is -3.75.